The fraction of sp³-hybridized carbons (Fsp3) is 0.235. The van der Waals surface area contributed by atoms with Gasteiger partial charge in [0.05, 0.1) is 17.3 Å². The summed E-state index contributed by atoms with van der Waals surface area (Å²) in [6, 6.07) is 12.8. The molecule has 0 heterocycles. The maximum atomic E-state index is 11.9. The molecule has 116 valence electrons. The highest BCUT2D eigenvalue weighted by Crippen LogP contribution is 2.25. The summed E-state index contributed by atoms with van der Waals surface area (Å²) in [7, 11) is 0. The van der Waals surface area contributed by atoms with Gasteiger partial charge in [-0.1, -0.05) is 35.3 Å². The lowest BCUT2D eigenvalue weighted by Gasteiger charge is -2.09. The van der Waals surface area contributed by atoms with Crippen molar-refractivity contribution in [3.63, 3.8) is 0 Å². The number of amides is 1. The normalized spacial score (nSPS) is 10.3. The van der Waals surface area contributed by atoms with Crippen LogP contribution in [0.2, 0.25) is 10.0 Å². The number of benzene rings is 2. The zero-order valence-corrected chi connectivity index (χ0v) is 13.7. The van der Waals surface area contributed by atoms with Crippen molar-refractivity contribution in [1.29, 1.82) is 0 Å². The molecule has 0 fully saturated rings. The topological polar surface area (TPSA) is 38.3 Å². The second-order valence-corrected chi connectivity index (χ2v) is 5.78. The predicted molar refractivity (Wildman–Crippen MR) is 91.0 cm³/mol. The molecule has 0 spiro atoms. The van der Waals surface area contributed by atoms with Gasteiger partial charge in [-0.25, -0.2) is 0 Å². The molecule has 5 heteroatoms. The zero-order valence-electron chi connectivity index (χ0n) is 12.2. The minimum Gasteiger partial charge on any atom is -0.494 e. The predicted octanol–water partition coefficient (Wildman–Crippen LogP) is 5.10. The summed E-state index contributed by atoms with van der Waals surface area (Å²) in [5.41, 5.74) is 1.67. The minimum absolute atomic E-state index is 0.114. The lowest BCUT2D eigenvalue weighted by molar-refractivity contribution is -0.116. The first kappa shape index (κ1) is 16.7. The van der Waals surface area contributed by atoms with E-state index in [1.54, 1.807) is 18.2 Å². The monoisotopic (exact) mass is 337 g/mol. The van der Waals surface area contributed by atoms with Crippen LogP contribution in [-0.4, -0.2) is 12.5 Å². The van der Waals surface area contributed by atoms with E-state index in [1.165, 1.54) is 0 Å². The third kappa shape index (κ3) is 5.24. The molecule has 0 saturated carbocycles. The Morgan fingerprint density at radius 1 is 1.18 bits per heavy atom. The zero-order chi connectivity index (χ0) is 15.9. The van der Waals surface area contributed by atoms with Crippen molar-refractivity contribution in [2.24, 2.45) is 0 Å². The number of ether oxygens (including phenoxy) is 1. The molecule has 0 aliphatic rings. The van der Waals surface area contributed by atoms with Crippen molar-refractivity contribution >= 4 is 34.8 Å². The first-order valence-electron chi connectivity index (χ1n) is 6.99. The molecule has 0 aromatic heterocycles. The Kier molecular flexibility index (Phi) is 6.10. The van der Waals surface area contributed by atoms with Crippen LogP contribution in [0, 0.1) is 6.92 Å². The van der Waals surface area contributed by atoms with Crippen LogP contribution in [0.3, 0.4) is 0 Å². The SMILES string of the molecule is Cc1cccc(OCCCC(=O)Nc2cc(Cl)ccc2Cl)c1. The maximum Gasteiger partial charge on any atom is 0.224 e. The second-order valence-electron chi connectivity index (χ2n) is 4.94. The Balaban J connectivity index is 1.75. The number of hydrogen-bond donors (Lipinski definition) is 1. The molecule has 2 rings (SSSR count). The van der Waals surface area contributed by atoms with Gasteiger partial charge in [0.1, 0.15) is 5.75 Å². The van der Waals surface area contributed by atoms with E-state index in [4.69, 9.17) is 27.9 Å². The molecule has 0 atom stereocenters. The van der Waals surface area contributed by atoms with E-state index in [0.29, 0.717) is 35.2 Å². The van der Waals surface area contributed by atoms with Gasteiger partial charge in [0.15, 0.2) is 0 Å². The second kappa shape index (κ2) is 8.06. The first-order chi connectivity index (χ1) is 10.5. The van der Waals surface area contributed by atoms with Gasteiger partial charge in [-0.2, -0.15) is 0 Å². The van der Waals surface area contributed by atoms with Crippen LogP contribution in [0.25, 0.3) is 0 Å². The molecule has 1 amide bonds. The summed E-state index contributed by atoms with van der Waals surface area (Å²) in [5, 5.41) is 3.74. The molecule has 0 saturated heterocycles. The molecular formula is C17H17Cl2NO2. The highest BCUT2D eigenvalue weighted by atomic mass is 35.5. The molecule has 0 aliphatic heterocycles. The Morgan fingerprint density at radius 2 is 2.00 bits per heavy atom. The Labute approximate surface area is 140 Å². The van der Waals surface area contributed by atoms with Crippen LogP contribution >= 0.6 is 23.2 Å². The van der Waals surface area contributed by atoms with E-state index in [1.807, 2.05) is 31.2 Å². The van der Waals surface area contributed by atoms with Gasteiger partial charge in [0.2, 0.25) is 5.91 Å². The third-order valence-corrected chi connectivity index (χ3v) is 3.57. The molecule has 1 N–H and O–H groups in total. The van der Waals surface area contributed by atoms with E-state index in [2.05, 4.69) is 5.32 Å². The molecular weight excluding hydrogens is 321 g/mol. The van der Waals surface area contributed by atoms with Gasteiger partial charge in [-0.15, -0.1) is 0 Å². The molecule has 2 aromatic carbocycles. The van der Waals surface area contributed by atoms with Crippen molar-refractivity contribution in [3.8, 4) is 5.75 Å². The molecule has 2 aromatic rings. The van der Waals surface area contributed by atoms with Crippen molar-refractivity contribution in [2.45, 2.75) is 19.8 Å². The summed E-state index contributed by atoms with van der Waals surface area (Å²) in [6.45, 7) is 2.50. The largest absolute Gasteiger partial charge is 0.494 e. The molecule has 0 aliphatic carbocycles. The van der Waals surface area contributed by atoms with Crippen LogP contribution in [-0.2, 0) is 4.79 Å². The molecule has 3 nitrogen and oxygen atoms in total. The summed E-state index contributed by atoms with van der Waals surface area (Å²) in [6.07, 6.45) is 0.979. The summed E-state index contributed by atoms with van der Waals surface area (Å²) in [4.78, 5) is 11.9. The van der Waals surface area contributed by atoms with Crippen LogP contribution in [0.4, 0.5) is 5.69 Å². The maximum absolute atomic E-state index is 11.9. The van der Waals surface area contributed by atoms with Crippen molar-refractivity contribution in [1.82, 2.24) is 0 Å². The van der Waals surface area contributed by atoms with Gasteiger partial charge in [-0.3, -0.25) is 4.79 Å². The number of hydrogen-bond acceptors (Lipinski definition) is 2. The van der Waals surface area contributed by atoms with Crippen molar-refractivity contribution < 1.29 is 9.53 Å². The number of aryl methyl sites for hydroxylation is 1. The molecule has 0 radical (unpaired) electrons. The van der Waals surface area contributed by atoms with Crippen LogP contribution in [0.1, 0.15) is 18.4 Å². The van der Waals surface area contributed by atoms with Crippen molar-refractivity contribution in [2.75, 3.05) is 11.9 Å². The smallest absolute Gasteiger partial charge is 0.224 e. The molecule has 22 heavy (non-hydrogen) atoms. The van der Waals surface area contributed by atoms with Gasteiger partial charge >= 0.3 is 0 Å². The number of anilines is 1. The number of carbonyl (C=O) groups is 1. The number of carbonyl (C=O) groups excluding carboxylic acids is 1. The average molecular weight is 338 g/mol. The van der Waals surface area contributed by atoms with E-state index in [-0.39, 0.29) is 5.91 Å². The Hall–Kier alpha value is -1.71. The molecule has 0 bridgehead atoms. The Bertz CT molecular complexity index is 659. The van der Waals surface area contributed by atoms with Gasteiger partial charge in [-0.05, 0) is 49.2 Å². The van der Waals surface area contributed by atoms with Crippen molar-refractivity contribution in [3.05, 3.63) is 58.1 Å². The van der Waals surface area contributed by atoms with Crippen LogP contribution < -0.4 is 10.1 Å². The van der Waals surface area contributed by atoms with Gasteiger partial charge < -0.3 is 10.1 Å². The van der Waals surface area contributed by atoms with Crippen LogP contribution in [0.5, 0.6) is 5.75 Å². The molecule has 0 unspecified atom stereocenters. The van der Waals surface area contributed by atoms with Gasteiger partial charge in [0.25, 0.3) is 0 Å². The fourth-order valence-corrected chi connectivity index (χ4v) is 2.27. The van der Waals surface area contributed by atoms with E-state index < -0.39 is 0 Å². The summed E-state index contributed by atoms with van der Waals surface area (Å²) < 4.78 is 5.60. The van der Waals surface area contributed by atoms with Crippen LogP contribution in [0.15, 0.2) is 42.5 Å². The van der Waals surface area contributed by atoms with E-state index in [9.17, 15) is 4.79 Å². The number of nitrogens with one attached hydrogen (secondary N) is 1. The highest BCUT2D eigenvalue weighted by molar-refractivity contribution is 6.35. The third-order valence-electron chi connectivity index (χ3n) is 3.01. The average Bonchev–Trinajstić information content (AvgIpc) is 2.48. The Morgan fingerprint density at radius 3 is 2.77 bits per heavy atom. The lowest BCUT2D eigenvalue weighted by Crippen LogP contribution is -2.13. The number of halogens is 2. The van der Waals surface area contributed by atoms with E-state index >= 15 is 0 Å². The quantitative estimate of drug-likeness (QED) is 0.744. The summed E-state index contributed by atoms with van der Waals surface area (Å²) in [5.74, 6) is 0.704. The standard InChI is InChI=1S/C17H17Cl2NO2/c1-12-4-2-5-14(10-12)22-9-3-6-17(21)20-16-11-13(18)7-8-15(16)19/h2,4-5,7-8,10-11H,3,6,9H2,1H3,(H,20,21). The lowest BCUT2D eigenvalue weighted by atomic mass is 10.2. The highest BCUT2D eigenvalue weighted by Gasteiger charge is 2.06. The van der Waals surface area contributed by atoms with E-state index in [0.717, 1.165) is 11.3 Å². The van der Waals surface area contributed by atoms with Gasteiger partial charge in [0, 0.05) is 11.4 Å². The fourth-order valence-electron chi connectivity index (χ4n) is 1.93. The summed E-state index contributed by atoms with van der Waals surface area (Å²) >= 11 is 11.9. The number of rotatable bonds is 6. The first-order valence-corrected chi connectivity index (χ1v) is 7.74. The minimum atomic E-state index is -0.114.